The third-order valence-electron chi connectivity index (χ3n) is 3.02. The molecule has 2 N–H and O–H groups in total. The van der Waals surface area contributed by atoms with Crippen molar-refractivity contribution >= 4 is 5.69 Å². The number of nitrogens with two attached hydrogens (primary N) is 1. The average Bonchev–Trinajstić information content (AvgIpc) is 2.26. The second kappa shape index (κ2) is 4.63. The van der Waals surface area contributed by atoms with Crippen LogP contribution in [0, 0.1) is 0 Å². The Labute approximate surface area is 103 Å². The Morgan fingerprint density at radius 1 is 1.59 bits per heavy atom. The number of pyridine rings is 1. The van der Waals surface area contributed by atoms with E-state index < -0.39 is 0 Å². The third kappa shape index (κ3) is 2.76. The largest absolute Gasteiger partial charge is 0.369 e. The summed E-state index contributed by atoms with van der Waals surface area (Å²) >= 11 is 0. The van der Waals surface area contributed by atoms with Crippen molar-refractivity contribution in [3.63, 3.8) is 0 Å². The Morgan fingerprint density at radius 3 is 3.00 bits per heavy atom. The molecule has 1 aromatic heterocycles. The SMILES string of the molecule is CC1CN(c2cnccc2CN)CC(C)(C)O1. The first kappa shape index (κ1) is 12.3. The van der Waals surface area contributed by atoms with Gasteiger partial charge in [0.1, 0.15) is 0 Å². The minimum absolute atomic E-state index is 0.126. The molecule has 0 amide bonds. The molecule has 0 aromatic carbocycles. The van der Waals surface area contributed by atoms with E-state index in [2.05, 4.69) is 30.7 Å². The predicted octanol–water partition coefficient (Wildman–Crippen LogP) is 1.54. The molecule has 2 heterocycles. The van der Waals surface area contributed by atoms with Crippen LogP contribution >= 0.6 is 0 Å². The molecular weight excluding hydrogens is 214 g/mol. The van der Waals surface area contributed by atoms with Gasteiger partial charge in [0.15, 0.2) is 0 Å². The van der Waals surface area contributed by atoms with Crippen LogP contribution in [-0.4, -0.2) is 29.8 Å². The van der Waals surface area contributed by atoms with Gasteiger partial charge in [-0.2, -0.15) is 0 Å². The van der Waals surface area contributed by atoms with E-state index in [-0.39, 0.29) is 11.7 Å². The minimum Gasteiger partial charge on any atom is -0.369 e. The molecule has 1 atom stereocenters. The molecule has 2 rings (SSSR count). The van der Waals surface area contributed by atoms with Gasteiger partial charge in [-0.25, -0.2) is 0 Å². The van der Waals surface area contributed by atoms with Crippen molar-refractivity contribution in [1.29, 1.82) is 0 Å². The fourth-order valence-electron chi connectivity index (χ4n) is 2.51. The monoisotopic (exact) mass is 235 g/mol. The second-order valence-electron chi connectivity index (χ2n) is 5.28. The molecule has 0 spiro atoms. The van der Waals surface area contributed by atoms with Gasteiger partial charge in [0, 0.05) is 25.8 Å². The summed E-state index contributed by atoms with van der Waals surface area (Å²) in [6.45, 7) is 8.65. The van der Waals surface area contributed by atoms with Crippen LogP contribution < -0.4 is 10.6 Å². The average molecular weight is 235 g/mol. The smallest absolute Gasteiger partial charge is 0.0805 e. The summed E-state index contributed by atoms with van der Waals surface area (Å²) in [5.74, 6) is 0. The van der Waals surface area contributed by atoms with Crippen molar-refractivity contribution in [3.8, 4) is 0 Å². The number of hydrogen-bond acceptors (Lipinski definition) is 4. The summed E-state index contributed by atoms with van der Waals surface area (Å²) in [6.07, 6.45) is 3.92. The molecule has 0 aliphatic carbocycles. The quantitative estimate of drug-likeness (QED) is 0.845. The van der Waals surface area contributed by atoms with Gasteiger partial charge in [-0.1, -0.05) is 0 Å². The van der Waals surface area contributed by atoms with Gasteiger partial charge in [0.05, 0.1) is 23.6 Å². The molecule has 1 unspecified atom stereocenters. The van der Waals surface area contributed by atoms with Crippen LogP contribution in [0.25, 0.3) is 0 Å². The fraction of sp³-hybridized carbons (Fsp3) is 0.615. The standard InChI is InChI=1S/C13H21N3O/c1-10-8-16(9-13(2,3)17-10)12-7-15-5-4-11(12)6-14/h4-5,7,10H,6,8-9,14H2,1-3H3. The Bertz CT molecular complexity index is 392. The van der Waals surface area contributed by atoms with Crippen molar-refractivity contribution in [2.75, 3.05) is 18.0 Å². The summed E-state index contributed by atoms with van der Waals surface area (Å²) in [6, 6.07) is 1.99. The van der Waals surface area contributed by atoms with Gasteiger partial charge >= 0.3 is 0 Å². The molecule has 0 bridgehead atoms. The highest BCUT2D eigenvalue weighted by Crippen LogP contribution is 2.27. The normalized spacial score (nSPS) is 23.8. The maximum Gasteiger partial charge on any atom is 0.0805 e. The van der Waals surface area contributed by atoms with Crippen molar-refractivity contribution in [2.24, 2.45) is 5.73 Å². The van der Waals surface area contributed by atoms with Gasteiger partial charge in [0.25, 0.3) is 0 Å². The minimum atomic E-state index is -0.126. The Hall–Kier alpha value is -1.13. The first-order valence-corrected chi connectivity index (χ1v) is 6.07. The fourth-order valence-corrected chi connectivity index (χ4v) is 2.51. The number of nitrogens with zero attached hydrogens (tertiary/aromatic N) is 2. The lowest BCUT2D eigenvalue weighted by atomic mass is 10.0. The highest BCUT2D eigenvalue weighted by Gasteiger charge is 2.32. The Kier molecular flexibility index (Phi) is 3.35. The van der Waals surface area contributed by atoms with Gasteiger partial charge in [-0.3, -0.25) is 4.98 Å². The second-order valence-corrected chi connectivity index (χ2v) is 5.28. The summed E-state index contributed by atoms with van der Waals surface area (Å²) in [4.78, 5) is 6.53. The highest BCUT2D eigenvalue weighted by molar-refractivity contribution is 5.52. The first-order chi connectivity index (χ1) is 8.02. The molecule has 94 valence electrons. The molecule has 0 saturated carbocycles. The molecule has 0 radical (unpaired) electrons. The highest BCUT2D eigenvalue weighted by atomic mass is 16.5. The molecule has 17 heavy (non-hydrogen) atoms. The lowest BCUT2D eigenvalue weighted by molar-refractivity contribution is -0.0750. The predicted molar refractivity (Wildman–Crippen MR) is 69.0 cm³/mol. The number of rotatable bonds is 2. The molecule has 4 heteroatoms. The Morgan fingerprint density at radius 2 is 2.35 bits per heavy atom. The lowest BCUT2D eigenvalue weighted by Crippen LogP contribution is -2.52. The zero-order chi connectivity index (χ0) is 12.5. The molecule has 1 fully saturated rings. The molecule has 1 saturated heterocycles. The van der Waals surface area contributed by atoms with Crippen LogP contribution in [0.5, 0.6) is 0 Å². The topological polar surface area (TPSA) is 51.4 Å². The van der Waals surface area contributed by atoms with Crippen LogP contribution in [0.3, 0.4) is 0 Å². The number of morpholine rings is 1. The number of ether oxygens (including phenoxy) is 1. The first-order valence-electron chi connectivity index (χ1n) is 6.07. The summed E-state index contributed by atoms with van der Waals surface area (Å²) < 4.78 is 5.91. The van der Waals surface area contributed by atoms with Crippen LogP contribution in [-0.2, 0) is 11.3 Å². The molecule has 4 nitrogen and oxygen atoms in total. The van der Waals surface area contributed by atoms with Crippen molar-refractivity contribution < 1.29 is 4.74 Å². The van der Waals surface area contributed by atoms with E-state index in [4.69, 9.17) is 10.5 Å². The van der Waals surface area contributed by atoms with Crippen molar-refractivity contribution in [3.05, 3.63) is 24.0 Å². The van der Waals surface area contributed by atoms with Gasteiger partial charge < -0.3 is 15.4 Å². The van der Waals surface area contributed by atoms with Crippen LogP contribution in [0.2, 0.25) is 0 Å². The Balaban J connectivity index is 2.27. The number of hydrogen-bond donors (Lipinski definition) is 1. The molecular formula is C13H21N3O. The van der Waals surface area contributed by atoms with E-state index in [1.54, 1.807) is 6.20 Å². The van der Waals surface area contributed by atoms with Crippen molar-refractivity contribution in [1.82, 2.24) is 4.98 Å². The number of aromatic nitrogens is 1. The van der Waals surface area contributed by atoms with Crippen LogP contribution in [0.15, 0.2) is 18.5 Å². The van der Waals surface area contributed by atoms with E-state index >= 15 is 0 Å². The maximum absolute atomic E-state index is 5.91. The van der Waals surface area contributed by atoms with Crippen molar-refractivity contribution in [2.45, 2.75) is 39.0 Å². The third-order valence-corrected chi connectivity index (χ3v) is 3.02. The zero-order valence-electron chi connectivity index (χ0n) is 10.8. The molecule has 1 aliphatic rings. The summed E-state index contributed by atoms with van der Waals surface area (Å²) in [5.41, 5.74) is 7.93. The van der Waals surface area contributed by atoms with Gasteiger partial charge in [0.2, 0.25) is 0 Å². The summed E-state index contributed by atoms with van der Waals surface area (Å²) in [7, 11) is 0. The van der Waals surface area contributed by atoms with E-state index in [1.165, 1.54) is 0 Å². The maximum atomic E-state index is 5.91. The summed E-state index contributed by atoms with van der Waals surface area (Å²) in [5, 5.41) is 0. The van der Waals surface area contributed by atoms with E-state index in [0.717, 1.165) is 24.3 Å². The van der Waals surface area contributed by atoms with Gasteiger partial charge in [-0.05, 0) is 32.4 Å². The lowest BCUT2D eigenvalue weighted by Gasteiger charge is -2.43. The zero-order valence-corrected chi connectivity index (χ0v) is 10.8. The number of anilines is 1. The van der Waals surface area contributed by atoms with E-state index in [1.807, 2.05) is 12.3 Å². The molecule has 1 aliphatic heterocycles. The van der Waals surface area contributed by atoms with E-state index in [0.29, 0.717) is 6.54 Å². The van der Waals surface area contributed by atoms with Crippen LogP contribution in [0.1, 0.15) is 26.3 Å². The van der Waals surface area contributed by atoms with E-state index in [9.17, 15) is 0 Å². The van der Waals surface area contributed by atoms with Crippen LogP contribution in [0.4, 0.5) is 5.69 Å². The molecule has 1 aromatic rings. The van der Waals surface area contributed by atoms with Gasteiger partial charge in [-0.15, -0.1) is 0 Å².